The Labute approximate surface area is 149 Å². The molecular formula is C18H19F2N3O3. The van der Waals surface area contributed by atoms with Crippen molar-refractivity contribution in [2.45, 2.75) is 24.9 Å². The van der Waals surface area contributed by atoms with E-state index in [1.807, 2.05) is 30.3 Å². The molecule has 138 valence electrons. The third kappa shape index (κ3) is 4.07. The van der Waals surface area contributed by atoms with Gasteiger partial charge < -0.3 is 14.4 Å². The van der Waals surface area contributed by atoms with E-state index in [-0.39, 0.29) is 31.3 Å². The average Bonchev–Trinajstić information content (AvgIpc) is 2.67. The molecule has 0 bridgehead atoms. The second kappa shape index (κ2) is 7.63. The highest BCUT2D eigenvalue weighted by Gasteiger charge is 2.47. The number of hydrogen-bond donors (Lipinski definition) is 0. The number of amides is 1. The zero-order chi connectivity index (χ0) is 18.6. The van der Waals surface area contributed by atoms with E-state index in [0.29, 0.717) is 0 Å². The first-order valence-corrected chi connectivity index (χ1v) is 8.19. The van der Waals surface area contributed by atoms with Crippen molar-refractivity contribution in [1.82, 2.24) is 14.9 Å². The molecule has 26 heavy (non-hydrogen) atoms. The highest BCUT2D eigenvalue weighted by atomic mass is 19.3. The number of carbonyl (C=O) groups excluding carboxylic acids is 1. The van der Waals surface area contributed by atoms with E-state index in [4.69, 9.17) is 9.47 Å². The van der Waals surface area contributed by atoms with Crippen LogP contribution in [0.3, 0.4) is 0 Å². The zero-order valence-corrected chi connectivity index (χ0v) is 14.3. The molecule has 0 spiro atoms. The largest absolute Gasteiger partial charge is 0.480 e. The lowest BCUT2D eigenvalue weighted by Crippen LogP contribution is -2.48. The van der Waals surface area contributed by atoms with Crippen LogP contribution in [-0.4, -0.2) is 47.1 Å². The smallest absolute Gasteiger partial charge is 0.410 e. The van der Waals surface area contributed by atoms with Crippen LogP contribution in [0.2, 0.25) is 0 Å². The molecule has 0 unspecified atom stereocenters. The van der Waals surface area contributed by atoms with Crippen molar-refractivity contribution in [3.05, 3.63) is 54.0 Å². The lowest BCUT2D eigenvalue weighted by Gasteiger charge is -2.37. The molecule has 0 radical (unpaired) electrons. The SMILES string of the molecule is COc1cnc([C@@H]2CN(C(=O)OCc3ccccc3)CCC2(F)F)cn1. The summed E-state index contributed by atoms with van der Waals surface area (Å²) < 4.78 is 38.8. The number of carbonyl (C=O) groups is 1. The Balaban J connectivity index is 1.67. The maximum Gasteiger partial charge on any atom is 0.410 e. The first-order valence-electron chi connectivity index (χ1n) is 8.19. The maximum atomic E-state index is 14.3. The minimum atomic E-state index is -2.97. The quantitative estimate of drug-likeness (QED) is 0.834. The molecule has 1 fully saturated rings. The van der Waals surface area contributed by atoms with E-state index in [2.05, 4.69) is 9.97 Å². The average molecular weight is 363 g/mol. The normalized spacial score (nSPS) is 19.0. The van der Waals surface area contributed by atoms with E-state index in [0.717, 1.165) is 5.56 Å². The Kier molecular flexibility index (Phi) is 5.29. The molecule has 3 rings (SSSR count). The van der Waals surface area contributed by atoms with Crippen LogP contribution in [0.15, 0.2) is 42.7 Å². The summed E-state index contributed by atoms with van der Waals surface area (Å²) in [5, 5.41) is 0. The van der Waals surface area contributed by atoms with Gasteiger partial charge in [0.15, 0.2) is 0 Å². The third-order valence-electron chi connectivity index (χ3n) is 4.31. The molecule has 1 aromatic heterocycles. The third-order valence-corrected chi connectivity index (χ3v) is 4.31. The summed E-state index contributed by atoms with van der Waals surface area (Å²) in [5.74, 6) is -3.97. The molecule has 0 N–H and O–H groups in total. The van der Waals surface area contributed by atoms with Crippen molar-refractivity contribution >= 4 is 6.09 Å². The van der Waals surface area contributed by atoms with E-state index < -0.39 is 24.4 Å². The van der Waals surface area contributed by atoms with Crippen molar-refractivity contribution in [2.75, 3.05) is 20.2 Å². The highest BCUT2D eigenvalue weighted by molar-refractivity contribution is 5.68. The molecule has 0 aliphatic carbocycles. The van der Waals surface area contributed by atoms with Crippen LogP contribution in [0.4, 0.5) is 13.6 Å². The minimum absolute atomic E-state index is 0.0687. The Morgan fingerprint density at radius 3 is 2.69 bits per heavy atom. The Morgan fingerprint density at radius 1 is 1.27 bits per heavy atom. The summed E-state index contributed by atoms with van der Waals surface area (Å²) in [7, 11) is 1.42. The van der Waals surface area contributed by atoms with Crippen molar-refractivity contribution in [2.24, 2.45) is 0 Å². The van der Waals surface area contributed by atoms with E-state index in [1.165, 1.54) is 24.4 Å². The Morgan fingerprint density at radius 2 is 2.04 bits per heavy atom. The van der Waals surface area contributed by atoms with Gasteiger partial charge in [0, 0.05) is 19.5 Å². The number of methoxy groups -OCH3 is 1. The van der Waals surface area contributed by atoms with Gasteiger partial charge in [-0.25, -0.2) is 18.6 Å². The summed E-state index contributed by atoms with van der Waals surface area (Å²) in [5.41, 5.74) is 0.956. The number of halogens is 2. The van der Waals surface area contributed by atoms with Crippen LogP contribution >= 0.6 is 0 Å². The van der Waals surface area contributed by atoms with Crippen LogP contribution in [0.5, 0.6) is 5.88 Å². The number of nitrogens with zero attached hydrogens (tertiary/aromatic N) is 3. The standard InChI is InChI=1S/C18H19F2N3O3/c1-25-16-10-21-15(9-22-16)14-11-23(8-7-18(14,19)20)17(24)26-12-13-5-3-2-4-6-13/h2-6,9-10,14H,7-8,11-12H2,1H3/t14-/m0/s1. The van der Waals surface area contributed by atoms with Crippen LogP contribution < -0.4 is 4.74 Å². The van der Waals surface area contributed by atoms with Gasteiger partial charge in [0.2, 0.25) is 5.88 Å². The summed E-state index contributed by atoms with van der Waals surface area (Å²) in [6.45, 7) is -0.151. The van der Waals surface area contributed by atoms with Gasteiger partial charge >= 0.3 is 6.09 Å². The second-order valence-electron chi connectivity index (χ2n) is 6.03. The van der Waals surface area contributed by atoms with Gasteiger partial charge in [-0.05, 0) is 5.56 Å². The van der Waals surface area contributed by atoms with Crippen molar-refractivity contribution in [3.63, 3.8) is 0 Å². The number of benzene rings is 1. The molecule has 1 saturated heterocycles. The number of rotatable bonds is 4. The molecule has 2 heterocycles. The van der Waals surface area contributed by atoms with Crippen molar-refractivity contribution in [1.29, 1.82) is 0 Å². The van der Waals surface area contributed by atoms with Crippen molar-refractivity contribution < 1.29 is 23.0 Å². The Bertz CT molecular complexity index is 741. The van der Waals surface area contributed by atoms with Gasteiger partial charge in [-0.3, -0.25) is 4.98 Å². The number of ether oxygens (including phenoxy) is 2. The van der Waals surface area contributed by atoms with Gasteiger partial charge in [0.25, 0.3) is 5.92 Å². The molecule has 8 heteroatoms. The molecule has 1 amide bonds. The molecule has 0 saturated carbocycles. The fourth-order valence-corrected chi connectivity index (χ4v) is 2.80. The zero-order valence-electron chi connectivity index (χ0n) is 14.3. The summed E-state index contributed by atoms with van der Waals surface area (Å²) >= 11 is 0. The molecule has 2 aromatic rings. The predicted octanol–water partition coefficient (Wildman–Crippen LogP) is 3.25. The predicted molar refractivity (Wildman–Crippen MR) is 89.1 cm³/mol. The fraction of sp³-hybridized carbons (Fsp3) is 0.389. The lowest BCUT2D eigenvalue weighted by molar-refractivity contribution is -0.0740. The second-order valence-corrected chi connectivity index (χ2v) is 6.03. The molecule has 6 nitrogen and oxygen atoms in total. The van der Waals surface area contributed by atoms with Gasteiger partial charge in [-0.1, -0.05) is 30.3 Å². The fourth-order valence-electron chi connectivity index (χ4n) is 2.80. The number of alkyl halides is 2. The number of hydrogen-bond acceptors (Lipinski definition) is 5. The van der Waals surface area contributed by atoms with Crippen LogP contribution in [0.1, 0.15) is 23.6 Å². The molecule has 1 aliphatic heterocycles. The summed E-state index contributed by atoms with van der Waals surface area (Å²) in [6.07, 6.45) is 1.48. The van der Waals surface area contributed by atoms with Crippen molar-refractivity contribution in [3.8, 4) is 5.88 Å². The number of aromatic nitrogens is 2. The molecule has 1 aromatic carbocycles. The van der Waals surface area contributed by atoms with Gasteiger partial charge in [-0.15, -0.1) is 0 Å². The summed E-state index contributed by atoms with van der Waals surface area (Å²) in [6, 6.07) is 9.19. The number of likely N-dealkylation sites (tertiary alicyclic amines) is 1. The molecule has 1 atom stereocenters. The maximum absolute atomic E-state index is 14.3. The monoisotopic (exact) mass is 363 g/mol. The minimum Gasteiger partial charge on any atom is -0.480 e. The van der Waals surface area contributed by atoms with Crippen LogP contribution in [0, 0.1) is 0 Å². The highest BCUT2D eigenvalue weighted by Crippen LogP contribution is 2.39. The van der Waals surface area contributed by atoms with Gasteiger partial charge in [0.05, 0.1) is 31.1 Å². The lowest BCUT2D eigenvalue weighted by atomic mass is 9.91. The van der Waals surface area contributed by atoms with E-state index in [9.17, 15) is 13.6 Å². The topological polar surface area (TPSA) is 64.5 Å². The Hall–Kier alpha value is -2.77. The molecule has 1 aliphatic rings. The van der Waals surface area contributed by atoms with E-state index >= 15 is 0 Å². The first kappa shape index (κ1) is 18.0. The molecular weight excluding hydrogens is 344 g/mol. The van der Waals surface area contributed by atoms with Gasteiger partial charge in [-0.2, -0.15) is 0 Å². The van der Waals surface area contributed by atoms with Crippen LogP contribution in [0.25, 0.3) is 0 Å². The first-order chi connectivity index (χ1) is 12.5. The number of piperidine rings is 1. The van der Waals surface area contributed by atoms with E-state index in [1.54, 1.807) is 0 Å². The van der Waals surface area contributed by atoms with Gasteiger partial charge in [0.1, 0.15) is 6.61 Å². The van der Waals surface area contributed by atoms with Crippen LogP contribution in [-0.2, 0) is 11.3 Å². The summed E-state index contributed by atoms with van der Waals surface area (Å²) in [4.78, 5) is 21.5.